The van der Waals surface area contributed by atoms with Crippen LogP contribution in [0.15, 0.2) is 5.16 Å². The maximum Gasteiger partial charge on any atom is 0.327 e. The standard InChI is InChI=1S/C10H16N4O2S/c1-16-9(15)6-14-10(11-12-13-14)17-7-8-4-2-3-5-8/h8H,2-7H2,1H3. The number of esters is 1. The molecule has 1 saturated carbocycles. The molecule has 6 nitrogen and oxygen atoms in total. The van der Waals surface area contributed by atoms with Crippen molar-refractivity contribution in [1.82, 2.24) is 20.2 Å². The molecular formula is C10H16N4O2S. The Balaban J connectivity index is 1.87. The fraction of sp³-hybridized carbons (Fsp3) is 0.800. The lowest BCUT2D eigenvalue weighted by atomic mass is 10.1. The number of carbonyl (C=O) groups excluding carboxylic acids is 1. The first kappa shape index (κ1) is 12.3. The molecule has 0 amide bonds. The van der Waals surface area contributed by atoms with E-state index < -0.39 is 0 Å². The van der Waals surface area contributed by atoms with Crippen LogP contribution in [-0.4, -0.2) is 39.0 Å². The third-order valence-corrected chi connectivity index (χ3v) is 4.12. The van der Waals surface area contributed by atoms with Crippen LogP contribution in [0.3, 0.4) is 0 Å². The number of hydrogen-bond donors (Lipinski definition) is 0. The highest BCUT2D eigenvalue weighted by molar-refractivity contribution is 7.99. The van der Waals surface area contributed by atoms with E-state index in [2.05, 4.69) is 20.3 Å². The van der Waals surface area contributed by atoms with Crippen LogP contribution in [0.1, 0.15) is 25.7 Å². The van der Waals surface area contributed by atoms with Gasteiger partial charge in [-0.15, -0.1) is 5.10 Å². The average molecular weight is 256 g/mol. The number of aromatic nitrogens is 4. The van der Waals surface area contributed by atoms with E-state index in [1.54, 1.807) is 11.8 Å². The topological polar surface area (TPSA) is 69.9 Å². The highest BCUT2D eigenvalue weighted by atomic mass is 32.2. The van der Waals surface area contributed by atoms with Crippen LogP contribution in [0, 0.1) is 5.92 Å². The maximum atomic E-state index is 11.1. The Morgan fingerprint density at radius 1 is 1.53 bits per heavy atom. The van der Waals surface area contributed by atoms with Crippen LogP contribution >= 0.6 is 11.8 Å². The van der Waals surface area contributed by atoms with Gasteiger partial charge in [0.05, 0.1) is 7.11 Å². The van der Waals surface area contributed by atoms with Crippen molar-refractivity contribution in [2.24, 2.45) is 5.92 Å². The third-order valence-electron chi connectivity index (χ3n) is 2.93. The van der Waals surface area contributed by atoms with Crippen molar-refractivity contribution in [2.45, 2.75) is 37.4 Å². The molecule has 1 aromatic heterocycles. The zero-order chi connectivity index (χ0) is 12.1. The maximum absolute atomic E-state index is 11.1. The number of methoxy groups -OCH3 is 1. The quantitative estimate of drug-likeness (QED) is 0.581. The second-order valence-electron chi connectivity index (χ2n) is 4.16. The predicted molar refractivity (Wildman–Crippen MR) is 62.5 cm³/mol. The summed E-state index contributed by atoms with van der Waals surface area (Å²) in [4.78, 5) is 11.1. The van der Waals surface area contributed by atoms with Crippen molar-refractivity contribution in [3.8, 4) is 0 Å². The zero-order valence-corrected chi connectivity index (χ0v) is 10.7. The lowest BCUT2D eigenvalue weighted by Crippen LogP contribution is -2.14. The number of carbonyl (C=O) groups is 1. The molecule has 0 unspecified atom stereocenters. The van der Waals surface area contributed by atoms with Gasteiger partial charge >= 0.3 is 5.97 Å². The van der Waals surface area contributed by atoms with Crippen molar-refractivity contribution in [2.75, 3.05) is 12.9 Å². The lowest BCUT2D eigenvalue weighted by Gasteiger charge is -2.07. The van der Waals surface area contributed by atoms with E-state index in [1.165, 1.54) is 37.5 Å². The Hall–Kier alpha value is -1.11. The van der Waals surface area contributed by atoms with Crippen LogP contribution < -0.4 is 0 Å². The summed E-state index contributed by atoms with van der Waals surface area (Å²) < 4.78 is 6.08. The Morgan fingerprint density at radius 2 is 2.29 bits per heavy atom. The number of rotatable bonds is 5. The highest BCUT2D eigenvalue weighted by Crippen LogP contribution is 2.29. The SMILES string of the molecule is COC(=O)Cn1nnnc1SCC1CCCC1. The van der Waals surface area contributed by atoms with Crippen LogP contribution in [-0.2, 0) is 16.1 Å². The molecule has 17 heavy (non-hydrogen) atoms. The van der Waals surface area contributed by atoms with Crippen LogP contribution in [0.5, 0.6) is 0 Å². The summed E-state index contributed by atoms with van der Waals surface area (Å²) in [7, 11) is 1.36. The monoisotopic (exact) mass is 256 g/mol. The van der Waals surface area contributed by atoms with E-state index in [1.807, 2.05) is 0 Å². The molecule has 1 aromatic rings. The number of ether oxygens (including phenoxy) is 1. The summed E-state index contributed by atoms with van der Waals surface area (Å²) >= 11 is 1.62. The Labute approximate surface area is 104 Å². The van der Waals surface area contributed by atoms with E-state index in [9.17, 15) is 4.79 Å². The highest BCUT2D eigenvalue weighted by Gasteiger charge is 2.17. The third kappa shape index (κ3) is 3.42. The minimum Gasteiger partial charge on any atom is -0.468 e. The molecule has 0 atom stereocenters. The van der Waals surface area contributed by atoms with Gasteiger partial charge in [0.2, 0.25) is 5.16 Å². The number of tetrazole rings is 1. The molecule has 0 saturated heterocycles. The summed E-state index contributed by atoms with van der Waals surface area (Å²) in [5.41, 5.74) is 0. The number of nitrogens with zero attached hydrogens (tertiary/aromatic N) is 4. The molecule has 2 rings (SSSR count). The van der Waals surface area contributed by atoms with Gasteiger partial charge in [-0.1, -0.05) is 24.6 Å². The summed E-state index contributed by atoms with van der Waals surface area (Å²) in [6, 6.07) is 0. The van der Waals surface area contributed by atoms with E-state index in [0.29, 0.717) is 5.16 Å². The number of hydrogen-bond acceptors (Lipinski definition) is 6. The Bertz CT molecular complexity index is 376. The average Bonchev–Trinajstić information content (AvgIpc) is 2.97. The Morgan fingerprint density at radius 3 is 3.00 bits per heavy atom. The van der Waals surface area contributed by atoms with Crippen LogP contribution in [0.4, 0.5) is 0 Å². The molecule has 0 radical (unpaired) electrons. The molecule has 1 fully saturated rings. The van der Waals surface area contributed by atoms with Crippen LogP contribution in [0.25, 0.3) is 0 Å². The second kappa shape index (κ2) is 6.00. The molecule has 0 N–H and O–H groups in total. The zero-order valence-electron chi connectivity index (χ0n) is 9.83. The van der Waals surface area contributed by atoms with Gasteiger partial charge in [-0.2, -0.15) is 0 Å². The lowest BCUT2D eigenvalue weighted by molar-refractivity contribution is -0.141. The summed E-state index contributed by atoms with van der Waals surface area (Å²) in [5.74, 6) is 1.46. The normalized spacial score (nSPS) is 16.3. The van der Waals surface area contributed by atoms with Crippen molar-refractivity contribution in [1.29, 1.82) is 0 Å². The fourth-order valence-corrected chi connectivity index (χ4v) is 3.02. The molecule has 0 aromatic carbocycles. The van der Waals surface area contributed by atoms with Gasteiger partial charge in [0.1, 0.15) is 6.54 Å². The molecule has 0 aliphatic heterocycles. The van der Waals surface area contributed by atoms with E-state index in [0.717, 1.165) is 11.7 Å². The minimum atomic E-state index is -0.333. The van der Waals surface area contributed by atoms with Gasteiger partial charge in [-0.25, -0.2) is 4.68 Å². The molecule has 1 heterocycles. The first-order valence-corrected chi connectivity index (χ1v) is 6.74. The van der Waals surface area contributed by atoms with E-state index in [4.69, 9.17) is 0 Å². The molecule has 1 aliphatic rings. The van der Waals surface area contributed by atoms with Gasteiger partial charge in [-0.05, 0) is 29.2 Å². The molecule has 0 spiro atoms. The second-order valence-corrected chi connectivity index (χ2v) is 5.14. The van der Waals surface area contributed by atoms with Crippen molar-refractivity contribution < 1.29 is 9.53 Å². The Kier molecular flexibility index (Phi) is 4.36. The van der Waals surface area contributed by atoms with Gasteiger partial charge in [-0.3, -0.25) is 4.79 Å². The van der Waals surface area contributed by atoms with Crippen molar-refractivity contribution in [3.05, 3.63) is 0 Å². The van der Waals surface area contributed by atoms with Crippen molar-refractivity contribution >= 4 is 17.7 Å². The van der Waals surface area contributed by atoms with Gasteiger partial charge in [0, 0.05) is 5.75 Å². The predicted octanol–water partition coefficient (Wildman–Crippen LogP) is 1.13. The first-order valence-electron chi connectivity index (χ1n) is 5.75. The largest absolute Gasteiger partial charge is 0.468 e. The molecule has 0 bridgehead atoms. The molecule has 94 valence electrons. The number of thioether (sulfide) groups is 1. The summed E-state index contributed by atoms with van der Waals surface area (Å²) in [5, 5.41) is 12.0. The van der Waals surface area contributed by atoms with Crippen molar-refractivity contribution in [3.63, 3.8) is 0 Å². The van der Waals surface area contributed by atoms with Gasteiger partial charge in [0.15, 0.2) is 0 Å². The fourth-order valence-electron chi connectivity index (χ4n) is 1.96. The summed E-state index contributed by atoms with van der Waals surface area (Å²) in [6.07, 6.45) is 5.26. The minimum absolute atomic E-state index is 0.0799. The summed E-state index contributed by atoms with van der Waals surface area (Å²) in [6.45, 7) is 0.0799. The van der Waals surface area contributed by atoms with Gasteiger partial charge < -0.3 is 4.74 Å². The van der Waals surface area contributed by atoms with E-state index >= 15 is 0 Å². The first-order chi connectivity index (χ1) is 8.29. The van der Waals surface area contributed by atoms with Crippen LogP contribution in [0.2, 0.25) is 0 Å². The smallest absolute Gasteiger partial charge is 0.327 e. The van der Waals surface area contributed by atoms with Gasteiger partial charge in [0.25, 0.3) is 0 Å². The van der Waals surface area contributed by atoms with E-state index in [-0.39, 0.29) is 12.5 Å². The molecule has 1 aliphatic carbocycles. The molecule has 7 heteroatoms. The molecular weight excluding hydrogens is 240 g/mol.